The van der Waals surface area contributed by atoms with Crippen LogP contribution in [0.3, 0.4) is 0 Å². The molecular weight excluding hydrogens is 244 g/mol. The van der Waals surface area contributed by atoms with Crippen molar-refractivity contribution in [3.05, 3.63) is 33.8 Å². The molecular formula is C11H13BrO2. The molecule has 0 bridgehead atoms. The van der Waals surface area contributed by atoms with Gasteiger partial charge >= 0.3 is 0 Å². The number of hydrogen-bond acceptors (Lipinski definition) is 2. The van der Waals surface area contributed by atoms with Crippen molar-refractivity contribution in [1.82, 2.24) is 0 Å². The predicted octanol–water partition coefficient (Wildman–Crippen LogP) is 3.06. The van der Waals surface area contributed by atoms with Crippen molar-refractivity contribution in [1.29, 1.82) is 0 Å². The molecule has 1 aromatic rings. The van der Waals surface area contributed by atoms with Gasteiger partial charge in [-0.3, -0.25) is 0 Å². The van der Waals surface area contributed by atoms with E-state index >= 15 is 0 Å². The molecule has 0 saturated carbocycles. The minimum atomic E-state index is -0.164. The average molecular weight is 257 g/mol. The highest BCUT2D eigenvalue weighted by atomic mass is 79.9. The van der Waals surface area contributed by atoms with E-state index in [-0.39, 0.29) is 6.29 Å². The second-order valence-corrected chi connectivity index (χ2v) is 4.09. The number of benzene rings is 1. The summed E-state index contributed by atoms with van der Waals surface area (Å²) in [6, 6.07) is 6.14. The quantitative estimate of drug-likeness (QED) is 0.810. The predicted molar refractivity (Wildman–Crippen MR) is 58.2 cm³/mol. The van der Waals surface area contributed by atoms with Crippen molar-refractivity contribution in [2.75, 3.05) is 13.2 Å². The van der Waals surface area contributed by atoms with Gasteiger partial charge in [0.2, 0.25) is 0 Å². The van der Waals surface area contributed by atoms with Crippen molar-refractivity contribution < 1.29 is 9.47 Å². The topological polar surface area (TPSA) is 18.5 Å². The molecule has 0 aromatic heterocycles. The van der Waals surface area contributed by atoms with Gasteiger partial charge in [-0.15, -0.1) is 0 Å². The summed E-state index contributed by atoms with van der Waals surface area (Å²) < 4.78 is 12.1. The molecule has 2 nitrogen and oxygen atoms in total. The van der Waals surface area contributed by atoms with E-state index in [4.69, 9.17) is 9.47 Å². The maximum atomic E-state index is 5.49. The first-order valence-corrected chi connectivity index (χ1v) is 5.62. The van der Waals surface area contributed by atoms with Gasteiger partial charge < -0.3 is 9.47 Å². The average Bonchev–Trinajstić information content (AvgIpc) is 2.70. The fourth-order valence-corrected chi connectivity index (χ4v) is 2.37. The molecule has 2 rings (SSSR count). The molecule has 1 aliphatic heterocycles. The van der Waals surface area contributed by atoms with Gasteiger partial charge in [0, 0.05) is 10.0 Å². The third-order valence-electron chi connectivity index (χ3n) is 2.38. The summed E-state index contributed by atoms with van der Waals surface area (Å²) in [5.41, 5.74) is 2.43. The summed E-state index contributed by atoms with van der Waals surface area (Å²) in [6.07, 6.45) is 0.822. The van der Waals surface area contributed by atoms with Gasteiger partial charge in [-0.1, -0.05) is 35.0 Å². The van der Waals surface area contributed by atoms with Crippen molar-refractivity contribution in [2.24, 2.45) is 0 Å². The molecule has 14 heavy (non-hydrogen) atoms. The van der Waals surface area contributed by atoms with E-state index in [2.05, 4.69) is 35.0 Å². The molecule has 1 heterocycles. The van der Waals surface area contributed by atoms with E-state index in [0.29, 0.717) is 13.2 Å². The van der Waals surface area contributed by atoms with Gasteiger partial charge in [0.15, 0.2) is 6.29 Å². The van der Waals surface area contributed by atoms with Crippen LogP contribution in [0.4, 0.5) is 0 Å². The molecule has 0 N–H and O–H groups in total. The van der Waals surface area contributed by atoms with Gasteiger partial charge in [0.25, 0.3) is 0 Å². The first-order valence-electron chi connectivity index (χ1n) is 4.83. The summed E-state index contributed by atoms with van der Waals surface area (Å²) in [6.45, 7) is 3.53. The Morgan fingerprint density at radius 1 is 1.36 bits per heavy atom. The van der Waals surface area contributed by atoms with E-state index in [1.54, 1.807) is 0 Å². The lowest BCUT2D eigenvalue weighted by Crippen LogP contribution is -2.02. The van der Waals surface area contributed by atoms with Crippen molar-refractivity contribution in [3.8, 4) is 0 Å². The zero-order valence-electron chi connectivity index (χ0n) is 8.13. The van der Waals surface area contributed by atoms with Crippen LogP contribution in [0, 0.1) is 0 Å². The van der Waals surface area contributed by atoms with Crippen molar-refractivity contribution in [2.45, 2.75) is 19.6 Å². The number of ether oxygens (including phenoxy) is 2. The highest BCUT2D eigenvalue weighted by Gasteiger charge is 2.21. The molecule has 0 amide bonds. The van der Waals surface area contributed by atoms with Gasteiger partial charge in [0.05, 0.1) is 13.2 Å². The Hall–Kier alpha value is -0.380. The molecule has 0 unspecified atom stereocenters. The van der Waals surface area contributed by atoms with Crippen LogP contribution in [0.15, 0.2) is 22.7 Å². The van der Waals surface area contributed by atoms with E-state index in [1.807, 2.05) is 6.07 Å². The summed E-state index contributed by atoms with van der Waals surface area (Å²) >= 11 is 3.54. The Balaban J connectivity index is 2.35. The molecule has 1 aliphatic rings. The van der Waals surface area contributed by atoms with Crippen LogP contribution in [0.2, 0.25) is 0 Å². The fraction of sp³-hybridized carbons (Fsp3) is 0.455. The Morgan fingerprint density at radius 2 is 2.07 bits per heavy atom. The zero-order chi connectivity index (χ0) is 9.97. The van der Waals surface area contributed by atoms with Gasteiger partial charge in [-0.25, -0.2) is 0 Å². The first kappa shape index (κ1) is 10.1. The molecule has 3 heteroatoms. The van der Waals surface area contributed by atoms with E-state index in [1.165, 1.54) is 5.56 Å². The smallest absolute Gasteiger partial charge is 0.184 e. The molecule has 0 aliphatic carbocycles. The second kappa shape index (κ2) is 4.43. The van der Waals surface area contributed by atoms with Crippen molar-refractivity contribution >= 4 is 15.9 Å². The molecule has 1 saturated heterocycles. The lowest BCUT2D eigenvalue weighted by molar-refractivity contribution is -0.0447. The maximum absolute atomic E-state index is 5.49. The van der Waals surface area contributed by atoms with Crippen LogP contribution in [-0.4, -0.2) is 13.2 Å². The summed E-state index contributed by atoms with van der Waals surface area (Å²) in [4.78, 5) is 0. The summed E-state index contributed by atoms with van der Waals surface area (Å²) in [5, 5.41) is 0. The Labute approximate surface area is 92.3 Å². The molecule has 1 aromatic carbocycles. The summed E-state index contributed by atoms with van der Waals surface area (Å²) in [5.74, 6) is 0. The maximum Gasteiger partial charge on any atom is 0.184 e. The van der Waals surface area contributed by atoms with E-state index < -0.39 is 0 Å². The number of halogens is 1. The van der Waals surface area contributed by atoms with Crippen LogP contribution in [0.25, 0.3) is 0 Å². The monoisotopic (exact) mass is 256 g/mol. The minimum absolute atomic E-state index is 0.164. The Bertz CT molecular complexity index is 319. The first-order chi connectivity index (χ1) is 6.83. The van der Waals surface area contributed by atoms with Crippen molar-refractivity contribution in [3.63, 3.8) is 0 Å². The van der Waals surface area contributed by atoms with E-state index in [9.17, 15) is 0 Å². The molecule has 0 atom stereocenters. The standard InChI is InChI=1S/C11H13BrO2/c1-2-8-9(4-3-5-10(8)12)11-13-6-7-14-11/h3-5,11H,2,6-7H2,1H3. The normalized spacial score (nSPS) is 17.6. The van der Waals surface area contributed by atoms with Gasteiger partial charge in [0.1, 0.15) is 0 Å². The molecule has 0 spiro atoms. The van der Waals surface area contributed by atoms with Gasteiger partial charge in [-0.05, 0) is 18.1 Å². The molecule has 1 fully saturated rings. The highest BCUT2D eigenvalue weighted by molar-refractivity contribution is 9.10. The second-order valence-electron chi connectivity index (χ2n) is 3.23. The Morgan fingerprint density at radius 3 is 2.71 bits per heavy atom. The number of rotatable bonds is 2. The molecule has 76 valence electrons. The minimum Gasteiger partial charge on any atom is -0.346 e. The molecule has 0 radical (unpaired) electrons. The van der Waals surface area contributed by atoms with Crippen LogP contribution in [0.1, 0.15) is 24.3 Å². The number of hydrogen-bond donors (Lipinski definition) is 0. The van der Waals surface area contributed by atoms with Crippen LogP contribution >= 0.6 is 15.9 Å². The van der Waals surface area contributed by atoms with Crippen LogP contribution in [0.5, 0.6) is 0 Å². The zero-order valence-corrected chi connectivity index (χ0v) is 9.71. The van der Waals surface area contributed by atoms with Crippen LogP contribution < -0.4 is 0 Å². The third kappa shape index (κ3) is 1.85. The van der Waals surface area contributed by atoms with E-state index in [0.717, 1.165) is 16.5 Å². The fourth-order valence-electron chi connectivity index (χ4n) is 1.71. The lowest BCUT2D eigenvalue weighted by atomic mass is 10.1. The Kier molecular flexibility index (Phi) is 3.21. The van der Waals surface area contributed by atoms with Gasteiger partial charge in [-0.2, -0.15) is 0 Å². The highest BCUT2D eigenvalue weighted by Crippen LogP contribution is 2.30. The SMILES string of the molecule is CCc1c(Br)cccc1C1OCCO1. The summed E-state index contributed by atoms with van der Waals surface area (Å²) in [7, 11) is 0. The largest absolute Gasteiger partial charge is 0.346 e. The van der Waals surface area contributed by atoms with Crippen LogP contribution in [-0.2, 0) is 15.9 Å². The lowest BCUT2D eigenvalue weighted by Gasteiger charge is -2.14. The third-order valence-corrected chi connectivity index (χ3v) is 3.13.